The summed E-state index contributed by atoms with van der Waals surface area (Å²) in [5.74, 6) is -3.77. The van der Waals surface area contributed by atoms with Gasteiger partial charge in [0.1, 0.15) is 6.10 Å². The van der Waals surface area contributed by atoms with Gasteiger partial charge in [0.05, 0.1) is 26.9 Å². The van der Waals surface area contributed by atoms with E-state index in [0.717, 1.165) is 0 Å². The number of ether oxygens (including phenoxy) is 3. The minimum Gasteiger partial charge on any atom is -0.571 e. The quantitative estimate of drug-likeness (QED) is 0.506. The van der Waals surface area contributed by atoms with Gasteiger partial charge in [-0.1, -0.05) is 18.2 Å². The van der Waals surface area contributed by atoms with Crippen LogP contribution in [0.15, 0.2) is 24.3 Å². The molecule has 1 aromatic heterocycles. The molecule has 1 N–H and O–H groups in total. The number of aliphatic hydroxyl groups excluding tert-OH is 1. The van der Waals surface area contributed by atoms with Gasteiger partial charge in [-0.15, -0.1) is 5.69 Å². The van der Waals surface area contributed by atoms with Gasteiger partial charge in [0.25, 0.3) is 0 Å². The molecule has 1 atom stereocenters. The van der Waals surface area contributed by atoms with Crippen molar-refractivity contribution in [2.75, 3.05) is 21.3 Å². The largest absolute Gasteiger partial charge is 1.00 e. The van der Waals surface area contributed by atoms with Gasteiger partial charge in [-0.25, -0.2) is 8.42 Å². The van der Waals surface area contributed by atoms with Crippen LogP contribution in [0.25, 0.3) is 4.72 Å². The van der Waals surface area contributed by atoms with Crippen molar-refractivity contribution < 1.29 is 66.1 Å². The van der Waals surface area contributed by atoms with Gasteiger partial charge >= 0.3 is 35.3 Å². The van der Waals surface area contributed by atoms with Crippen LogP contribution in [0.2, 0.25) is 0 Å². The van der Waals surface area contributed by atoms with Crippen molar-refractivity contribution in [2.45, 2.75) is 18.5 Å². The van der Waals surface area contributed by atoms with E-state index in [4.69, 9.17) is 14.2 Å². The Bertz CT molecular complexity index is 911. The fourth-order valence-corrected chi connectivity index (χ4v) is 2.83. The van der Waals surface area contributed by atoms with Crippen molar-refractivity contribution in [1.29, 1.82) is 0 Å². The van der Waals surface area contributed by atoms with Gasteiger partial charge in [0.2, 0.25) is 11.8 Å². The topological polar surface area (TPSA) is 122 Å². The number of hydrogen-bond donors (Lipinski definition) is 1. The van der Waals surface area contributed by atoms with Gasteiger partial charge in [0.15, 0.2) is 15.8 Å². The van der Waals surface area contributed by atoms with Crippen molar-refractivity contribution in [3.05, 3.63) is 45.9 Å². The van der Waals surface area contributed by atoms with E-state index in [1.54, 1.807) is 0 Å². The van der Waals surface area contributed by atoms with Crippen LogP contribution in [0.3, 0.4) is 0 Å². The average molecular weight is 441 g/mol. The third-order valence-corrected chi connectivity index (χ3v) is 4.44. The maximum Gasteiger partial charge on any atom is 1.00 e. The van der Waals surface area contributed by atoms with Gasteiger partial charge in [-0.3, -0.25) is 0 Å². The van der Waals surface area contributed by atoms with Crippen molar-refractivity contribution >= 4 is 15.7 Å². The molecule has 0 spiro atoms. The summed E-state index contributed by atoms with van der Waals surface area (Å²) in [6.45, 7) is -0.125. The van der Waals surface area contributed by atoms with Crippen LogP contribution in [0.4, 0.5) is 14.5 Å². The summed E-state index contributed by atoms with van der Waals surface area (Å²) in [7, 11) is -1.10. The standard InChI is InChI=1S/C16H18F2N3O6S.Na/c1-25-8-9-5-4-6-10(13(9)21-28(23,24)16(17)18)14(22)15-19-11(26-2)7-12(20-15)27-3;/h4-7,14,16,22H,8H2,1-3H3;/q-1;+1. The summed E-state index contributed by atoms with van der Waals surface area (Å²) in [5, 5.41) is 10.7. The molecule has 2 aromatic rings. The third kappa shape index (κ3) is 6.20. The molecule has 0 aliphatic carbocycles. The molecule has 0 saturated heterocycles. The number of benzene rings is 1. The molecule has 1 aromatic carbocycles. The van der Waals surface area contributed by atoms with Gasteiger partial charge in [-0.2, -0.15) is 18.7 Å². The van der Waals surface area contributed by atoms with E-state index in [1.807, 2.05) is 0 Å². The molecule has 0 aliphatic rings. The summed E-state index contributed by atoms with van der Waals surface area (Å²) < 4.78 is 67.2. The molecule has 0 saturated carbocycles. The number of rotatable bonds is 9. The second-order valence-electron chi connectivity index (χ2n) is 5.37. The molecule has 13 heteroatoms. The van der Waals surface area contributed by atoms with Crippen LogP contribution < -0.4 is 39.0 Å². The second kappa shape index (κ2) is 11.0. The molecule has 0 bridgehead atoms. The summed E-state index contributed by atoms with van der Waals surface area (Å²) in [5.41, 5.74) is -0.297. The van der Waals surface area contributed by atoms with Crippen LogP contribution >= 0.6 is 0 Å². The van der Waals surface area contributed by atoms with Crippen molar-refractivity contribution in [3.63, 3.8) is 0 Å². The first kappa shape index (κ1) is 25.5. The molecule has 0 amide bonds. The van der Waals surface area contributed by atoms with E-state index in [2.05, 4.69) is 14.7 Å². The average Bonchev–Trinajstić information content (AvgIpc) is 2.68. The SMILES string of the molecule is COCc1cccc(C(O)c2nc(OC)cc(OC)n2)c1[N-]S(=O)(=O)C(F)F.[Na+]. The molecular formula is C16H18F2N3NaO6S. The number of aromatic nitrogens is 2. The van der Waals surface area contributed by atoms with E-state index in [-0.39, 0.29) is 70.6 Å². The second-order valence-corrected chi connectivity index (χ2v) is 6.94. The number of sulfonamides is 1. The van der Waals surface area contributed by atoms with E-state index < -0.39 is 21.9 Å². The number of methoxy groups -OCH3 is 3. The zero-order valence-corrected chi connectivity index (χ0v) is 19.0. The minimum atomic E-state index is -5.12. The summed E-state index contributed by atoms with van der Waals surface area (Å²) in [6, 6.07) is 5.61. The van der Waals surface area contributed by atoms with E-state index >= 15 is 0 Å². The molecule has 2 rings (SSSR count). The van der Waals surface area contributed by atoms with E-state index in [0.29, 0.717) is 0 Å². The minimum absolute atomic E-state index is 0. The molecule has 0 radical (unpaired) electrons. The van der Waals surface area contributed by atoms with Crippen molar-refractivity contribution in [2.24, 2.45) is 0 Å². The summed E-state index contributed by atoms with van der Waals surface area (Å²) >= 11 is 0. The third-order valence-electron chi connectivity index (χ3n) is 3.55. The Hall–Kier alpha value is -1.57. The maximum absolute atomic E-state index is 12.8. The molecule has 9 nitrogen and oxygen atoms in total. The molecular weight excluding hydrogens is 423 g/mol. The fraction of sp³-hybridized carbons (Fsp3) is 0.375. The Morgan fingerprint density at radius 1 is 1.14 bits per heavy atom. The monoisotopic (exact) mass is 441 g/mol. The smallest absolute Gasteiger partial charge is 0.571 e. The maximum atomic E-state index is 12.8. The Morgan fingerprint density at radius 2 is 1.72 bits per heavy atom. The fourth-order valence-electron chi connectivity index (χ4n) is 2.27. The molecule has 0 aliphatic heterocycles. The molecule has 1 heterocycles. The number of nitrogens with zero attached hydrogens (tertiary/aromatic N) is 3. The van der Waals surface area contributed by atoms with Crippen LogP contribution in [-0.4, -0.2) is 50.6 Å². The Kier molecular flexibility index (Phi) is 9.65. The summed E-state index contributed by atoms with van der Waals surface area (Å²) in [4.78, 5) is 7.98. The molecule has 29 heavy (non-hydrogen) atoms. The van der Waals surface area contributed by atoms with Crippen LogP contribution in [0.1, 0.15) is 23.1 Å². The first-order chi connectivity index (χ1) is 13.2. The van der Waals surface area contributed by atoms with Gasteiger partial charge < -0.3 is 24.0 Å². The van der Waals surface area contributed by atoms with Crippen LogP contribution in [0.5, 0.6) is 11.8 Å². The Morgan fingerprint density at radius 3 is 2.21 bits per heavy atom. The molecule has 0 fully saturated rings. The first-order valence-corrected chi connectivity index (χ1v) is 9.24. The number of aliphatic hydroxyl groups is 1. The summed E-state index contributed by atoms with van der Waals surface area (Å²) in [6.07, 6.45) is -1.60. The predicted octanol–water partition coefficient (Wildman–Crippen LogP) is -0.716. The number of halogens is 2. The molecule has 154 valence electrons. The van der Waals surface area contributed by atoms with Crippen molar-refractivity contribution in [3.8, 4) is 11.8 Å². The number of alkyl halides is 2. The van der Waals surface area contributed by atoms with Gasteiger partial charge in [-0.05, 0) is 11.1 Å². The van der Waals surface area contributed by atoms with Crippen LogP contribution in [-0.2, 0) is 21.4 Å². The zero-order chi connectivity index (χ0) is 20.9. The number of hydrogen-bond acceptors (Lipinski definition) is 8. The Balaban J connectivity index is 0.00000420. The van der Waals surface area contributed by atoms with Gasteiger partial charge in [0, 0.05) is 7.11 Å². The van der Waals surface area contributed by atoms with Crippen LogP contribution in [0, 0.1) is 0 Å². The predicted molar refractivity (Wildman–Crippen MR) is 94.3 cm³/mol. The molecule has 1 unspecified atom stereocenters. The first-order valence-electron chi connectivity index (χ1n) is 7.74. The van der Waals surface area contributed by atoms with Crippen molar-refractivity contribution in [1.82, 2.24) is 9.97 Å². The van der Waals surface area contributed by atoms with E-state index in [1.165, 1.54) is 45.6 Å². The normalized spacial score (nSPS) is 12.2. The zero-order valence-electron chi connectivity index (χ0n) is 16.2. The van der Waals surface area contributed by atoms with E-state index in [9.17, 15) is 22.3 Å². The Labute approximate surface area is 188 Å².